The molecule has 22 heavy (non-hydrogen) atoms. The van der Waals surface area contributed by atoms with E-state index in [4.69, 9.17) is 0 Å². The molecule has 1 amide bonds. The summed E-state index contributed by atoms with van der Waals surface area (Å²) in [6.07, 6.45) is 3.51. The van der Waals surface area contributed by atoms with Gasteiger partial charge in [0, 0.05) is 13.1 Å². The molecule has 0 saturated carbocycles. The SMILES string of the molecule is CCC1CCCN(C(=O)c2ccc(-c3cccs3)nc2C)C1. The van der Waals surface area contributed by atoms with E-state index < -0.39 is 0 Å². The summed E-state index contributed by atoms with van der Waals surface area (Å²) in [7, 11) is 0. The number of pyridine rings is 1. The zero-order chi connectivity index (χ0) is 15.5. The Labute approximate surface area is 136 Å². The molecular formula is C18H22N2OS. The second-order valence-electron chi connectivity index (χ2n) is 5.97. The first-order chi connectivity index (χ1) is 10.7. The van der Waals surface area contributed by atoms with E-state index >= 15 is 0 Å². The van der Waals surface area contributed by atoms with Gasteiger partial charge < -0.3 is 4.90 Å². The Morgan fingerprint density at radius 2 is 2.27 bits per heavy atom. The molecule has 0 spiro atoms. The molecule has 3 heterocycles. The second kappa shape index (κ2) is 6.61. The van der Waals surface area contributed by atoms with Gasteiger partial charge in [-0.1, -0.05) is 19.4 Å². The molecule has 0 radical (unpaired) electrons. The lowest BCUT2D eigenvalue weighted by Gasteiger charge is -2.32. The molecule has 0 aliphatic carbocycles. The Morgan fingerprint density at radius 1 is 1.41 bits per heavy atom. The van der Waals surface area contributed by atoms with Crippen LogP contribution in [0.4, 0.5) is 0 Å². The third-order valence-electron chi connectivity index (χ3n) is 4.47. The molecule has 1 aliphatic heterocycles. The minimum atomic E-state index is 0.140. The maximum atomic E-state index is 12.8. The molecule has 0 bridgehead atoms. The summed E-state index contributed by atoms with van der Waals surface area (Å²) in [6, 6.07) is 7.99. The number of aromatic nitrogens is 1. The highest BCUT2D eigenvalue weighted by atomic mass is 32.1. The maximum absolute atomic E-state index is 12.8. The van der Waals surface area contributed by atoms with Gasteiger partial charge in [0.05, 0.1) is 21.8 Å². The Bertz CT molecular complexity index is 651. The van der Waals surface area contributed by atoms with Crippen LogP contribution < -0.4 is 0 Å². The minimum Gasteiger partial charge on any atom is -0.338 e. The number of thiophene rings is 1. The molecule has 1 saturated heterocycles. The van der Waals surface area contributed by atoms with Crippen molar-refractivity contribution in [2.45, 2.75) is 33.1 Å². The van der Waals surface area contributed by atoms with Gasteiger partial charge >= 0.3 is 0 Å². The van der Waals surface area contributed by atoms with Gasteiger partial charge in [-0.25, -0.2) is 0 Å². The summed E-state index contributed by atoms with van der Waals surface area (Å²) < 4.78 is 0. The molecule has 1 aliphatic rings. The summed E-state index contributed by atoms with van der Waals surface area (Å²) in [5.41, 5.74) is 2.53. The summed E-state index contributed by atoms with van der Waals surface area (Å²) in [4.78, 5) is 20.6. The number of carbonyl (C=O) groups excluding carboxylic acids is 1. The predicted octanol–water partition coefficient (Wildman–Crippen LogP) is 4.38. The number of aryl methyl sites for hydroxylation is 1. The quantitative estimate of drug-likeness (QED) is 0.842. The highest BCUT2D eigenvalue weighted by molar-refractivity contribution is 7.13. The van der Waals surface area contributed by atoms with Gasteiger partial charge in [-0.15, -0.1) is 11.3 Å². The van der Waals surface area contributed by atoms with Gasteiger partial charge in [0.15, 0.2) is 0 Å². The number of nitrogens with zero attached hydrogens (tertiary/aromatic N) is 2. The molecule has 116 valence electrons. The molecule has 4 heteroatoms. The highest BCUT2D eigenvalue weighted by Gasteiger charge is 2.24. The standard InChI is InChI=1S/C18H22N2OS/c1-3-14-6-4-10-20(12-14)18(21)15-8-9-16(19-13(15)2)17-7-5-11-22-17/h5,7-9,11,14H,3-4,6,10,12H2,1-2H3. The van der Waals surface area contributed by atoms with E-state index in [2.05, 4.69) is 18.0 Å². The fraction of sp³-hybridized carbons (Fsp3) is 0.444. The Hall–Kier alpha value is -1.68. The summed E-state index contributed by atoms with van der Waals surface area (Å²) in [6.45, 7) is 5.91. The van der Waals surface area contributed by atoms with Crippen LogP contribution in [0.15, 0.2) is 29.6 Å². The van der Waals surface area contributed by atoms with Crippen molar-refractivity contribution in [3.05, 3.63) is 40.9 Å². The van der Waals surface area contributed by atoms with Crippen LogP contribution >= 0.6 is 11.3 Å². The first-order valence-electron chi connectivity index (χ1n) is 8.00. The van der Waals surface area contributed by atoms with Crippen LogP contribution in [0.5, 0.6) is 0 Å². The Balaban J connectivity index is 1.81. The van der Waals surface area contributed by atoms with Crippen LogP contribution in [0.3, 0.4) is 0 Å². The zero-order valence-corrected chi connectivity index (χ0v) is 14.0. The van der Waals surface area contributed by atoms with E-state index in [0.717, 1.165) is 47.8 Å². The molecular weight excluding hydrogens is 292 g/mol. The van der Waals surface area contributed by atoms with E-state index in [0.29, 0.717) is 5.92 Å². The smallest absolute Gasteiger partial charge is 0.255 e. The number of carbonyl (C=O) groups is 1. The Kier molecular flexibility index (Phi) is 4.57. The largest absolute Gasteiger partial charge is 0.338 e. The van der Waals surface area contributed by atoms with Gasteiger partial charge in [0.2, 0.25) is 0 Å². The number of amides is 1. The van der Waals surface area contributed by atoms with Crippen molar-refractivity contribution in [1.82, 2.24) is 9.88 Å². The number of hydrogen-bond donors (Lipinski definition) is 0. The van der Waals surface area contributed by atoms with Gasteiger partial charge in [0.1, 0.15) is 0 Å². The molecule has 0 N–H and O–H groups in total. The number of rotatable bonds is 3. The fourth-order valence-corrected chi connectivity index (χ4v) is 3.80. The monoisotopic (exact) mass is 314 g/mol. The lowest BCUT2D eigenvalue weighted by molar-refractivity contribution is 0.0670. The first-order valence-corrected chi connectivity index (χ1v) is 8.87. The molecule has 1 unspecified atom stereocenters. The normalized spacial score (nSPS) is 18.5. The van der Waals surface area contributed by atoms with Crippen molar-refractivity contribution in [3.63, 3.8) is 0 Å². The highest BCUT2D eigenvalue weighted by Crippen LogP contribution is 2.25. The lowest BCUT2D eigenvalue weighted by atomic mass is 9.95. The van der Waals surface area contributed by atoms with Crippen LogP contribution in [0.2, 0.25) is 0 Å². The van der Waals surface area contributed by atoms with Gasteiger partial charge in [-0.3, -0.25) is 9.78 Å². The van der Waals surface area contributed by atoms with Gasteiger partial charge in [-0.05, 0) is 49.3 Å². The number of hydrogen-bond acceptors (Lipinski definition) is 3. The minimum absolute atomic E-state index is 0.140. The van der Waals surface area contributed by atoms with Crippen molar-refractivity contribution in [2.24, 2.45) is 5.92 Å². The van der Waals surface area contributed by atoms with Gasteiger partial charge in [0.25, 0.3) is 5.91 Å². The van der Waals surface area contributed by atoms with Crippen LogP contribution in [-0.4, -0.2) is 28.9 Å². The van der Waals surface area contributed by atoms with Crippen molar-refractivity contribution < 1.29 is 4.79 Å². The van der Waals surface area contributed by atoms with Crippen molar-refractivity contribution >= 4 is 17.2 Å². The third-order valence-corrected chi connectivity index (χ3v) is 5.37. The van der Waals surface area contributed by atoms with Crippen LogP contribution in [0.1, 0.15) is 42.2 Å². The van der Waals surface area contributed by atoms with Crippen molar-refractivity contribution in [1.29, 1.82) is 0 Å². The Morgan fingerprint density at radius 3 is 2.95 bits per heavy atom. The van der Waals surface area contributed by atoms with E-state index in [1.54, 1.807) is 11.3 Å². The summed E-state index contributed by atoms with van der Waals surface area (Å²) in [5.74, 6) is 0.789. The second-order valence-corrected chi connectivity index (χ2v) is 6.92. The first kappa shape index (κ1) is 15.2. The molecule has 1 fully saturated rings. The summed E-state index contributed by atoms with van der Waals surface area (Å²) >= 11 is 1.67. The number of likely N-dealkylation sites (tertiary alicyclic amines) is 1. The molecule has 0 aromatic carbocycles. The van der Waals surface area contributed by atoms with Crippen LogP contribution in [0, 0.1) is 12.8 Å². The molecule has 3 nitrogen and oxygen atoms in total. The third kappa shape index (κ3) is 3.07. The van der Waals surface area contributed by atoms with E-state index in [1.807, 2.05) is 35.4 Å². The zero-order valence-electron chi connectivity index (χ0n) is 13.2. The van der Waals surface area contributed by atoms with Crippen LogP contribution in [-0.2, 0) is 0 Å². The number of piperidine rings is 1. The van der Waals surface area contributed by atoms with Gasteiger partial charge in [-0.2, -0.15) is 0 Å². The topological polar surface area (TPSA) is 33.2 Å². The maximum Gasteiger partial charge on any atom is 0.255 e. The fourth-order valence-electron chi connectivity index (χ4n) is 3.10. The lowest BCUT2D eigenvalue weighted by Crippen LogP contribution is -2.40. The van der Waals surface area contributed by atoms with E-state index in [-0.39, 0.29) is 5.91 Å². The molecule has 2 aromatic heterocycles. The van der Waals surface area contributed by atoms with Crippen molar-refractivity contribution in [2.75, 3.05) is 13.1 Å². The molecule has 1 atom stereocenters. The van der Waals surface area contributed by atoms with E-state index in [9.17, 15) is 4.79 Å². The van der Waals surface area contributed by atoms with Crippen LogP contribution in [0.25, 0.3) is 10.6 Å². The average Bonchev–Trinajstić information content (AvgIpc) is 3.08. The molecule has 2 aromatic rings. The van der Waals surface area contributed by atoms with Crippen molar-refractivity contribution in [3.8, 4) is 10.6 Å². The average molecular weight is 314 g/mol. The predicted molar refractivity (Wildman–Crippen MR) is 91.2 cm³/mol. The summed E-state index contributed by atoms with van der Waals surface area (Å²) in [5, 5.41) is 2.05. The van der Waals surface area contributed by atoms with E-state index in [1.165, 1.54) is 6.42 Å². The molecule has 3 rings (SSSR count).